The Bertz CT molecular complexity index is 1090. The summed E-state index contributed by atoms with van der Waals surface area (Å²) in [6.07, 6.45) is 4.72. The van der Waals surface area contributed by atoms with Crippen molar-refractivity contribution in [2.75, 3.05) is 22.9 Å². The smallest absolute Gasteiger partial charge is 0.293 e. The van der Waals surface area contributed by atoms with E-state index >= 15 is 0 Å². The number of hydrogen-bond acceptors (Lipinski definition) is 4. The number of amides is 1. The minimum Gasteiger partial charge on any atom is -0.503 e. The van der Waals surface area contributed by atoms with Gasteiger partial charge in [-0.1, -0.05) is 19.1 Å². The number of benzene rings is 2. The van der Waals surface area contributed by atoms with Crippen LogP contribution in [0.25, 0.3) is 11.0 Å². The number of aromatic nitrogens is 2. The number of hydrogen-bond donors (Lipinski definition) is 2. The van der Waals surface area contributed by atoms with E-state index in [0.29, 0.717) is 6.42 Å². The Labute approximate surface area is 169 Å². The highest BCUT2D eigenvalue weighted by molar-refractivity contribution is 6.09. The minimum absolute atomic E-state index is 0.136. The van der Waals surface area contributed by atoms with Gasteiger partial charge < -0.3 is 15.0 Å². The van der Waals surface area contributed by atoms with Crippen LogP contribution in [-0.4, -0.2) is 34.1 Å². The van der Waals surface area contributed by atoms with E-state index in [4.69, 9.17) is 0 Å². The van der Waals surface area contributed by atoms with Crippen molar-refractivity contribution in [1.29, 1.82) is 0 Å². The molecule has 2 aromatic carbocycles. The first-order valence-electron chi connectivity index (χ1n) is 10.2. The van der Waals surface area contributed by atoms with Gasteiger partial charge in [0.2, 0.25) is 0 Å². The molecule has 6 nitrogen and oxygen atoms in total. The molecule has 5 rings (SSSR count). The molecule has 148 valence electrons. The van der Waals surface area contributed by atoms with E-state index in [0.717, 1.165) is 40.9 Å². The van der Waals surface area contributed by atoms with Gasteiger partial charge >= 0.3 is 0 Å². The fourth-order valence-corrected chi connectivity index (χ4v) is 4.54. The zero-order valence-corrected chi connectivity index (χ0v) is 16.4. The predicted octanol–water partition coefficient (Wildman–Crippen LogP) is 4.47. The lowest BCUT2D eigenvalue weighted by atomic mass is 9.97. The van der Waals surface area contributed by atoms with Crippen LogP contribution in [0.5, 0.6) is 0 Å². The molecular formula is C23H24N4O2. The summed E-state index contributed by atoms with van der Waals surface area (Å²) in [6, 6.07) is 13.8. The topological polar surface area (TPSA) is 72.5 Å². The highest BCUT2D eigenvalue weighted by Gasteiger charge is 2.40. The van der Waals surface area contributed by atoms with Crippen molar-refractivity contribution >= 4 is 28.3 Å². The van der Waals surface area contributed by atoms with E-state index in [1.807, 2.05) is 25.1 Å². The van der Waals surface area contributed by atoms with Crippen LogP contribution in [0.3, 0.4) is 0 Å². The third-order valence-electron chi connectivity index (χ3n) is 6.06. The molecule has 1 amide bonds. The Morgan fingerprint density at radius 2 is 1.83 bits per heavy atom. The first-order valence-corrected chi connectivity index (χ1v) is 10.2. The van der Waals surface area contributed by atoms with Gasteiger partial charge in [-0.3, -0.25) is 9.69 Å². The van der Waals surface area contributed by atoms with E-state index in [1.54, 1.807) is 11.2 Å². The molecule has 6 heteroatoms. The molecule has 0 saturated carbocycles. The lowest BCUT2D eigenvalue weighted by molar-refractivity contribution is -0.117. The quantitative estimate of drug-likeness (QED) is 0.692. The van der Waals surface area contributed by atoms with Gasteiger partial charge in [-0.25, -0.2) is 4.98 Å². The van der Waals surface area contributed by atoms with Crippen LogP contribution in [-0.2, 0) is 4.79 Å². The number of anilines is 2. The second-order valence-corrected chi connectivity index (χ2v) is 7.69. The maximum absolute atomic E-state index is 13.0. The van der Waals surface area contributed by atoms with Crippen LogP contribution in [0.4, 0.5) is 11.4 Å². The van der Waals surface area contributed by atoms with E-state index < -0.39 is 0 Å². The first-order chi connectivity index (χ1) is 14.2. The number of nitrogens with zero attached hydrogens (tertiary/aromatic N) is 3. The largest absolute Gasteiger partial charge is 0.503 e. The van der Waals surface area contributed by atoms with Gasteiger partial charge in [0.25, 0.3) is 5.91 Å². The van der Waals surface area contributed by atoms with Gasteiger partial charge in [0.15, 0.2) is 5.76 Å². The summed E-state index contributed by atoms with van der Waals surface area (Å²) < 4.78 is 0. The Morgan fingerprint density at radius 3 is 2.55 bits per heavy atom. The summed E-state index contributed by atoms with van der Waals surface area (Å²) in [6.45, 7) is 4.17. The van der Waals surface area contributed by atoms with Crippen molar-refractivity contribution in [1.82, 2.24) is 9.97 Å². The number of carbonyl (C=O) groups excluding carboxylic acids is 1. The van der Waals surface area contributed by atoms with Gasteiger partial charge in [-0.05, 0) is 55.2 Å². The Balaban J connectivity index is 1.55. The van der Waals surface area contributed by atoms with Crippen LogP contribution in [0.1, 0.15) is 37.8 Å². The van der Waals surface area contributed by atoms with Gasteiger partial charge in [-0.2, -0.15) is 0 Å². The molecule has 0 spiro atoms. The Morgan fingerprint density at radius 1 is 1.10 bits per heavy atom. The molecule has 2 aliphatic rings. The van der Waals surface area contributed by atoms with Gasteiger partial charge in [0.05, 0.1) is 23.4 Å². The van der Waals surface area contributed by atoms with E-state index in [1.165, 1.54) is 18.5 Å². The number of H-pyrrole nitrogens is 1. The summed E-state index contributed by atoms with van der Waals surface area (Å²) in [4.78, 5) is 24.5. The molecule has 0 bridgehead atoms. The molecule has 1 fully saturated rings. The van der Waals surface area contributed by atoms with Gasteiger partial charge in [0.1, 0.15) is 0 Å². The number of imidazole rings is 1. The summed E-state index contributed by atoms with van der Waals surface area (Å²) >= 11 is 0. The maximum atomic E-state index is 13.0. The van der Waals surface area contributed by atoms with Crippen LogP contribution in [0.2, 0.25) is 0 Å². The first kappa shape index (κ1) is 17.8. The maximum Gasteiger partial charge on any atom is 0.293 e. The molecule has 0 aliphatic carbocycles. The number of aromatic amines is 1. The second-order valence-electron chi connectivity index (χ2n) is 7.69. The van der Waals surface area contributed by atoms with Crippen molar-refractivity contribution in [3.63, 3.8) is 0 Å². The fraction of sp³-hybridized carbons (Fsp3) is 0.304. The van der Waals surface area contributed by atoms with Crippen LogP contribution >= 0.6 is 0 Å². The van der Waals surface area contributed by atoms with Crippen molar-refractivity contribution in [2.45, 2.75) is 32.2 Å². The van der Waals surface area contributed by atoms with Crippen molar-refractivity contribution < 1.29 is 9.90 Å². The highest BCUT2D eigenvalue weighted by Crippen LogP contribution is 2.42. The molecule has 2 aliphatic heterocycles. The zero-order valence-electron chi connectivity index (χ0n) is 16.4. The molecule has 1 unspecified atom stereocenters. The molecule has 0 radical (unpaired) electrons. The van der Waals surface area contributed by atoms with Gasteiger partial charge in [-0.15, -0.1) is 0 Å². The highest BCUT2D eigenvalue weighted by atomic mass is 16.3. The monoisotopic (exact) mass is 388 g/mol. The molecule has 29 heavy (non-hydrogen) atoms. The lowest BCUT2D eigenvalue weighted by Gasteiger charge is -2.28. The molecule has 3 aromatic rings. The zero-order chi connectivity index (χ0) is 20.0. The predicted molar refractivity (Wildman–Crippen MR) is 114 cm³/mol. The Kier molecular flexibility index (Phi) is 4.27. The SMILES string of the molecule is CCC1=C(O)C(=O)N(c2ccc3[nH]cnc3c2)C1c1ccc(N2CCCC2)cc1. The number of carbonyl (C=O) groups is 1. The molecule has 1 atom stereocenters. The molecular weight excluding hydrogens is 364 g/mol. The average molecular weight is 388 g/mol. The summed E-state index contributed by atoms with van der Waals surface area (Å²) in [5, 5.41) is 10.6. The molecule has 3 heterocycles. The normalized spacial score (nSPS) is 19.8. The number of nitrogens with one attached hydrogen (secondary N) is 1. The molecule has 2 N–H and O–H groups in total. The van der Waals surface area contributed by atoms with E-state index in [-0.39, 0.29) is 17.7 Å². The van der Waals surface area contributed by atoms with Crippen LogP contribution in [0.15, 0.2) is 60.1 Å². The van der Waals surface area contributed by atoms with E-state index in [2.05, 4.69) is 39.1 Å². The molecule has 1 aromatic heterocycles. The number of rotatable bonds is 4. The third-order valence-corrected chi connectivity index (χ3v) is 6.06. The van der Waals surface area contributed by atoms with Crippen LogP contribution in [0, 0.1) is 0 Å². The lowest BCUT2D eigenvalue weighted by Crippen LogP contribution is -2.30. The van der Waals surface area contributed by atoms with Crippen molar-refractivity contribution in [3.05, 3.63) is 65.7 Å². The summed E-state index contributed by atoms with van der Waals surface area (Å²) in [5.41, 5.74) is 5.42. The number of aliphatic hydroxyl groups is 1. The van der Waals surface area contributed by atoms with Crippen molar-refractivity contribution in [2.24, 2.45) is 0 Å². The fourth-order valence-electron chi connectivity index (χ4n) is 4.54. The summed E-state index contributed by atoms with van der Waals surface area (Å²) in [7, 11) is 0. The number of fused-ring (bicyclic) bond motifs is 1. The second kappa shape index (κ2) is 6.95. The van der Waals surface area contributed by atoms with Crippen LogP contribution < -0.4 is 9.80 Å². The standard InChI is InChI=1S/C23H24N4O2/c1-2-18-21(15-5-7-16(8-6-15)26-11-3-4-12-26)27(23(29)22(18)28)17-9-10-19-20(13-17)25-14-24-19/h5-10,13-14,21,28H,2-4,11-12H2,1H3,(H,24,25). The Hall–Kier alpha value is -3.28. The third kappa shape index (κ3) is 2.87. The average Bonchev–Trinajstić information content (AvgIpc) is 3.48. The van der Waals surface area contributed by atoms with Gasteiger partial charge in [0, 0.05) is 30.0 Å². The van der Waals surface area contributed by atoms with E-state index in [9.17, 15) is 9.90 Å². The molecule has 1 saturated heterocycles. The number of aliphatic hydroxyl groups excluding tert-OH is 1. The minimum atomic E-state index is -0.356. The summed E-state index contributed by atoms with van der Waals surface area (Å²) in [5.74, 6) is -0.492. The van der Waals surface area contributed by atoms with Crippen molar-refractivity contribution in [3.8, 4) is 0 Å².